The predicted octanol–water partition coefficient (Wildman–Crippen LogP) is 2.44. The van der Waals surface area contributed by atoms with E-state index in [0.717, 1.165) is 0 Å². The van der Waals surface area contributed by atoms with E-state index in [9.17, 15) is 18.0 Å². The van der Waals surface area contributed by atoms with Gasteiger partial charge in [0.25, 0.3) is 5.91 Å². The number of nitrogens with one attached hydrogen (secondary N) is 1. The highest BCUT2D eigenvalue weighted by Crippen LogP contribution is 2.26. The van der Waals surface area contributed by atoms with Gasteiger partial charge < -0.3 is 15.0 Å². The molecular weight excluding hydrogens is 418 g/mol. The van der Waals surface area contributed by atoms with E-state index in [1.54, 1.807) is 50.5 Å². The summed E-state index contributed by atoms with van der Waals surface area (Å²) in [4.78, 5) is 26.3. The Hall–Kier alpha value is -2.91. The van der Waals surface area contributed by atoms with Gasteiger partial charge in [0.2, 0.25) is 15.9 Å². The van der Waals surface area contributed by atoms with Gasteiger partial charge in [-0.2, -0.15) is 4.31 Å². The third-order valence-corrected chi connectivity index (χ3v) is 7.24. The van der Waals surface area contributed by atoms with E-state index in [2.05, 4.69) is 5.32 Å². The van der Waals surface area contributed by atoms with Crippen LogP contribution in [0.25, 0.3) is 0 Å². The highest BCUT2D eigenvalue weighted by atomic mass is 32.2. The molecule has 0 radical (unpaired) electrons. The molecule has 1 aliphatic rings. The Morgan fingerprint density at radius 2 is 1.58 bits per heavy atom. The predicted molar refractivity (Wildman–Crippen MR) is 118 cm³/mol. The molecule has 1 fully saturated rings. The Labute approximate surface area is 182 Å². The first kappa shape index (κ1) is 22.8. The van der Waals surface area contributed by atoms with Crippen molar-refractivity contribution in [2.24, 2.45) is 5.92 Å². The average Bonchev–Trinajstić information content (AvgIpc) is 2.79. The monoisotopic (exact) mass is 445 g/mol. The Bertz CT molecular complexity index is 1030. The molecule has 2 amide bonds. The van der Waals surface area contributed by atoms with E-state index in [-0.39, 0.29) is 35.7 Å². The van der Waals surface area contributed by atoms with Gasteiger partial charge in [-0.05, 0) is 61.4 Å². The molecule has 0 aromatic heterocycles. The lowest BCUT2D eigenvalue weighted by atomic mass is 9.97. The number of carbonyl (C=O) groups is 2. The van der Waals surface area contributed by atoms with Crippen molar-refractivity contribution in [3.05, 3.63) is 54.1 Å². The average molecular weight is 446 g/mol. The van der Waals surface area contributed by atoms with Gasteiger partial charge in [0.1, 0.15) is 5.75 Å². The fraction of sp³-hybridized carbons (Fsp3) is 0.364. The number of anilines is 1. The van der Waals surface area contributed by atoms with E-state index in [1.807, 2.05) is 0 Å². The third kappa shape index (κ3) is 5.23. The van der Waals surface area contributed by atoms with Crippen molar-refractivity contribution in [2.75, 3.05) is 39.6 Å². The standard InChI is InChI=1S/C22H27N3O5S/c1-24(2)22(27)17-4-6-18(7-5-17)23-21(26)16-12-14-25(15-13-16)31(28,29)20-10-8-19(30-3)9-11-20/h4-11,16H,12-15H2,1-3H3,(H,23,26). The molecule has 31 heavy (non-hydrogen) atoms. The zero-order chi connectivity index (χ0) is 22.6. The van der Waals surface area contributed by atoms with Gasteiger partial charge in [0.05, 0.1) is 12.0 Å². The third-order valence-electron chi connectivity index (χ3n) is 5.33. The molecule has 1 N–H and O–H groups in total. The normalized spacial score (nSPS) is 15.3. The van der Waals surface area contributed by atoms with E-state index in [1.165, 1.54) is 28.4 Å². The van der Waals surface area contributed by atoms with Crippen molar-refractivity contribution < 1.29 is 22.7 Å². The Morgan fingerprint density at radius 3 is 2.10 bits per heavy atom. The molecule has 9 heteroatoms. The van der Waals surface area contributed by atoms with Crippen LogP contribution < -0.4 is 10.1 Å². The molecule has 166 valence electrons. The maximum atomic E-state index is 12.8. The second-order valence-electron chi connectivity index (χ2n) is 7.62. The number of methoxy groups -OCH3 is 1. The summed E-state index contributed by atoms with van der Waals surface area (Å²) < 4.78 is 32.2. The van der Waals surface area contributed by atoms with Crippen LogP contribution in [0.2, 0.25) is 0 Å². The lowest BCUT2D eigenvalue weighted by Crippen LogP contribution is -2.41. The van der Waals surface area contributed by atoms with Gasteiger partial charge >= 0.3 is 0 Å². The smallest absolute Gasteiger partial charge is 0.253 e. The van der Waals surface area contributed by atoms with Crippen LogP contribution in [0.5, 0.6) is 5.75 Å². The second kappa shape index (κ2) is 9.49. The van der Waals surface area contributed by atoms with Crippen LogP contribution in [0.15, 0.2) is 53.4 Å². The molecule has 1 aliphatic heterocycles. The fourth-order valence-electron chi connectivity index (χ4n) is 3.45. The number of piperidine rings is 1. The van der Waals surface area contributed by atoms with E-state index >= 15 is 0 Å². The molecule has 8 nitrogen and oxygen atoms in total. The maximum absolute atomic E-state index is 12.8. The Balaban J connectivity index is 1.57. The topological polar surface area (TPSA) is 96.0 Å². The summed E-state index contributed by atoms with van der Waals surface area (Å²) in [6.45, 7) is 0.561. The molecule has 2 aromatic rings. The fourth-order valence-corrected chi connectivity index (χ4v) is 4.92. The summed E-state index contributed by atoms with van der Waals surface area (Å²) >= 11 is 0. The van der Waals surface area contributed by atoms with Gasteiger partial charge in [0.15, 0.2) is 0 Å². The van der Waals surface area contributed by atoms with Crippen LogP contribution >= 0.6 is 0 Å². The molecule has 0 bridgehead atoms. The molecule has 2 aromatic carbocycles. The van der Waals surface area contributed by atoms with Gasteiger partial charge in [-0.3, -0.25) is 9.59 Å². The number of hydrogen-bond acceptors (Lipinski definition) is 5. The largest absolute Gasteiger partial charge is 0.497 e. The van der Waals surface area contributed by atoms with Gasteiger partial charge in [0, 0.05) is 44.4 Å². The minimum atomic E-state index is -3.60. The van der Waals surface area contributed by atoms with Crippen LogP contribution in [0, 0.1) is 5.92 Å². The van der Waals surface area contributed by atoms with Gasteiger partial charge in [-0.25, -0.2) is 8.42 Å². The zero-order valence-corrected chi connectivity index (χ0v) is 18.7. The lowest BCUT2D eigenvalue weighted by molar-refractivity contribution is -0.120. The SMILES string of the molecule is COc1ccc(S(=O)(=O)N2CCC(C(=O)Nc3ccc(C(=O)N(C)C)cc3)CC2)cc1. The van der Waals surface area contributed by atoms with Crippen molar-refractivity contribution in [2.45, 2.75) is 17.7 Å². The van der Waals surface area contributed by atoms with E-state index in [0.29, 0.717) is 29.8 Å². The number of ether oxygens (including phenoxy) is 1. The molecule has 0 atom stereocenters. The number of amides is 2. The summed E-state index contributed by atoms with van der Waals surface area (Å²) in [7, 11) is 1.28. The number of nitrogens with zero attached hydrogens (tertiary/aromatic N) is 2. The van der Waals surface area contributed by atoms with Crippen LogP contribution in [-0.4, -0.2) is 63.7 Å². The highest BCUT2D eigenvalue weighted by Gasteiger charge is 2.32. The summed E-state index contributed by atoms with van der Waals surface area (Å²) in [5.41, 5.74) is 1.15. The number of rotatable bonds is 6. The molecule has 0 unspecified atom stereocenters. The first-order chi connectivity index (χ1) is 14.7. The first-order valence-electron chi connectivity index (χ1n) is 9.99. The number of sulfonamides is 1. The maximum Gasteiger partial charge on any atom is 0.253 e. The quantitative estimate of drug-likeness (QED) is 0.737. The minimum Gasteiger partial charge on any atom is -0.497 e. The first-order valence-corrected chi connectivity index (χ1v) is 11.4. The molecular formula is C22H27N3O5S. The minimum absolute atomic E-state index is 0.108. The van der Waals surface area contributed by atoms with Crippen LogP contribution in [0.3, 0.4) is 0 Å². The van der Waals surface area contributed by atoms with Crippen LogP contribution in [0.4, 0.5) is 5.69 Å². The number of hydrogen-bond donors (Lipinski definition) is 1. The van der Waals surface area contributed by atoms with Crippen molar-refractivity contribution in [1.29, 1.82) is 0 Å². The molecule has 1 saturated heterocycles. The van der Waals surface area contributed by atoms with Crippen LogP contribution in [-0.2, 0) is 14.8 Å². The highest BCUT2D eigenvalue weighted by molar-refractivity contribution is 7.89. The molecule has 0 spiro atoms. The lowest BCUT2D eigenvalue weighted by Gasteiger charge is -2.30. The number of benzene rings is 2. The molecule has 0 aliphatic carbocycles. The van der Waals surface area contributed by atoms with E-state index < -0.39 is 10.0 Å². The van der Waals surface area contributed by atoms with Crippen molar-refractivity contribution in [3.8, 4) is 5.75 Å². The Morgan fingerprint density at radius 1 is 1.00 bits per heavy atom. The molecule has 3 rings (SSSR count). The molecule has 1 heterocycles. The summed E-state index contributed by atoms with van der Waals surface area (Å²) in [5, 5.41) is 2.86. The summed E-state index contributed by atoms with van der Waals surface area (Å²) in [6.07, 6.45) is 0.886. The van der Waals surface area contributed by atoms with Crippen molar-refractivity contribution in [3.63, 3.8) is 0 Å². The van der Waals surface area contributed by atoms with Crippen molar-refractivity contribution >= 4 is 27.5 Å². The van der Waals surface area contributed by atoms with E-state index in [4.69, 9.17) is 4.74 Å². The number of carbonyl (C=O) groups excluding carboxylic acids is 2. The van der Waals surface area contributed by atoms with Gasteiger partial charge in [-0.15, -0.1) is 0 Å². The van der Waals surface area contributed by atoms with Crippen molar-refractivity contribution in [1.82, 2.24) is 9.21 Å². The Kier molecular flexibility index (Phi) is 6.97. The van der Waals surface area contributed by atoms with Crippen LogP contribution in [0.1, 0.15) is 23.2 Å². The summed E-state index contributed by atoms with van der Waals surface area (Å²) in [5.74, 6) is 0.0651. The second-order valence-corrected chi connectivity index (χ2v) is 9.56. The summed E-state index contributed by atoms with van der Waals surface area (Å²) in [6, 6.07) is 13.0. The van der Waals surface area contributed by atoms with Gasteiger partial charge in [-0.1, -0.05) is 0 Å². The zero-order valence-electron chi connectivity index (χ0n) is 17.9. The molecule has 0 saturated carbocycles.